The Kier molecular flexibility index (Phi) is 3.95. The fourth-order valence-corrected chi connectivity index (χ4v) is 3.58. The highest BCUT2D eigenvalue weighted by molar-refractivity contribution is 7.18. The zero-order valence-electron chi connectivity index (χ0n) is 11.4. The Bertz CT molecular complexity index is 439. The summed E-state index contributed by atoms with van der Waals surface area (Å²) < 4.78 is 0. The number of thiophene rings is 1. The summed E-state index contributed by atoms with van der Waals surface area (Å²) in [5, 5.41) is 1.16. The molecule has 100 valence electrons. The van der Waals surface area contributed by atoms with E-state index in [4.69, 9.17) is 5.73 Å². The van der Waals surface area contributed by atoms with Gasteiger partial charge in [0.2, 0.25) is 0 Å². The summed E-state index contributed by atoms with van der Waals surface area (Å²) in [5.41, 5.74) is 6.59. The first-order valence-corrected chi connectivity index (χ1v) is 7.52. The van der Waals surface area contributed by atoms with Gasteiger partial charge in [-0.3, -0.25) is 4.79 Å². The average Bonchev–Trinajstić information content (AvgIpc) is 2.94. The number of nitrogen functional groups attached to an aromatic ring is 1. The van der Waals surface area contributed by atoms with Crippen LogP contribution in [-0.4, -0.2) is 18.9 Å². The van der Waals surface area contributed by atoms with Crippen LogP contribution in [0.2, 0.25) is 0 Å². The maximum absolute atomic E-state index is 11.7. The molecular weight excluding hydrogens is 244 g/mol. The number of carbonyl (C=O) groups excluding carboxylic acids is 1. The highest BCUT2D eigenvalue weighted by Crippen LogP contribution is 2.36. The molecule has 0 aromatic carbocycles. The molecule has 3 nitrogen and oxygen atoms in total. The van der Waals surface area contributed by atoms with Gasteiger partial charge in [-0.2, -0.15) is 0 Å². The first-order valence-electron chi connectivity index (χ1n) is 6.70. The van der Waals surface area contributed by atoms with E-state index in [-0.39, 0.29) is 5.78 Å². The van der Waals surface area contributed by atoms with Crippen molar-refractivity contribution in [3.05, 3.63) is 10.9 Å². The highest BCUT2D eigenvalue weighted by atomic mass is 32.1. The van der Waals surface area contributed by atoms with Gasteiger partial charge in [-0.25, -0.2) is 0 Å². The lowest BCUT2D eigenvalue weighted by Crippen LogP contribution is -2.20. The number of ketones is 1. The molecule has 2 heterocycles. The second-order valence-electron chi connectivity index (χ2n) is 5.38. The summed E-state index contributed by atoms with van der Waals surface area (Å²) in [6, 6.07) is 1.97. The monoisotopic (exact) mass is 266 g/mol. The number of rotatable bonds is 4. The third kappa shape index (κ3) is 2.53. The fourth-order valence-electron chi connectivity index (χ4n) is 2.46. The molecular formula is C14H22N2OS. The summed E-state index contributed by atoms with van der Waals surface area (Å²) in [5.74, 6) is 1.64. The van der Waals surface area contributed by atoms with Crippen molar-refractivity contribution in [1.29, 1.82) is 0 Å². The molecule has 1 aliphatic rings. The lowest BCUT2D eigenvalue weighted by atomic mass is 9.95. The number of nitrogens with zero attached hydrogens (tertiary/aromatic N) is 1. The molecule has 1 aromatic rings. The quantitative estimate of drug-likeness (QED) is 0.850. The standard InChI is InChI=1S/C14H22N2OS/c1-4-12(17)14-11(15)7-13(18-14)16-6-5-10(8-16)9(2)3/h7,9-10H,4-6,8,15H2,1-3H3. The fraction of sp³-hybridized carbons (Fsp3) is 0.643. The van der Waals surface area contributed by atoms with Crippen LogP contribution in [0.15, 0.2) is 6.07 Å². The van der Waals surface area contributed by atoms with E-state index in [1.165, 1.54) is 6.42 Å². The molecule has 4 heteroatoms. The van der Waals surface area contributed by atoms with Crippen molar-refractivity contribution in [3.63, 3.8) is 0 Å². The minimum Gasteiger partial charge on any atom is -0.397 e. The predicted molar refractivity (Wildman–Crippen MR) is 78.5 cm³/mol. The average molecular weight is 266 g/mol. The van der Waals surface area contributed by atoms with E-state index in [9.17, 15) is 4.79 Å². The molecule has 1 aliphatic heterocycles. The lowest BCUT2D eigenvalue weighted by Gasteiger charge is -2.17. The van der Waals surface area contributed by atoms with Crippen LogP contribution in [0, 0.1) is 11.8 Å². The van der Waals surface area contributed by atoms with Crippen LogP contribution in [-0.2, 0) is 0 Å². The number of carbonyl (C=O) groups is 1. The maximum atomic E-state index is 11.7. The van der Waals surface area contributed by atoms with Crippen LogP contribution in [0.3, 0.4) is 0 Å². The van der Waals surface area contributed by atoms with Gasteiger partial charge in [-0.1, -0.05) is 20.8 Å². The number of Topliss-reactive ketones (excluding diaryl/α,β-unsaturated/α-hetero) is 1. The highest BCUT2D eigenvalue weighted by Gasteiger charge is 2.27. The van der Waals surface area contributed by atoms with E-state index >= 15 is 0 Å². The van der Waals surface area contributed by atoms with Gasteiger partial charge >= 0.3 is 0 Å². The van der Waals surface area contributed by atoms with Gasteiger partial charge in [0.25, 0.3) is 0 Å². The van der Waals surface area contributed by atoms with Crippen LogP contribution in [0.5, 0.6) is 0 Å². The molecule has 0 radical (unpaired) electrons. The summed E-state index contributed by atoms with van der Waals surface area (Å²) in [4.78, 5) is 14.9. The molecule has 0 spiro atoms. The second-order valence-corrected chi connectivity index (χ2v) is 6.42. The van der Waals surface area contributed by atoms with E-state index in [1.807, 2.05) is 13.0 Å². The van der Waals surface area contributed by atoms with Crippen molar-refractivity contribution in [2.45, 2.75) is 33.6 Å². The Morgan fingerprint density at radius 2 is 2.33 bits per heavy atom. The molecule has 2 N–H and O–H groups in total. The number of hydrogen-bond acceptors (Lipinski definition) is 4. The summed E-state index contributed by atoms with van der Waals surface area (Å²) >= 11 is 1.55. The van der Waals surface area contributed by atoms with Crippen molar-refractivity contribution in [1.82, 2.24) is 0 Å². The predicted octanol–water partition coefficient (Wildman–Crippen LogP) is 3.41. The van der Waals surface area contributed by atoms with E-state index in [2.05, 4.69) is 18.7 Å². The van der Waals surface area contributed by atoms with Crippen LogP contribution in [0.4, 0.5) is 10.7 Å². The Morgan fingerprint density at radius 3 is 2.89 bits per heavy atom. The van der Waals surface area contributed by atoms with Gasteiger partial charge in [0.05, 0.1) is 15.6 Å². The summed E-state index contributed by atoms with van der Waals surface area (Å²) in [7, 11) is 0. The Balaban J connectivity index is 2.13. The molecule has 1 saturated heterocycles. The van der Waals surface area contributed by atoms with Gasteiger partial charge in [0.15, 0.2) is 5.78 Å². The smallest absolute Gasteiger partial charge is 0.174 e. The summed E-state index contributed by atoms with van der Waals surface area (Å²) in [6.45, 7) is 8.62. The molecule has 0 bridgehead atoms. The molecule has 1 aromatic heterocycles. The van der Waals surface area contributed by atoms with Crippen molar-refractivity contribution < 1.29 is 4.79 Å². The molecule has 1 atom stereocenters. The van der Waals surface area contributed by atoms with E-state index in [0.717, 1.165) is 34.8 Å². The van der Waals surface area contributed by atoms with Crippen LogP contribution in [0.1, 0.15) is 43.3 Å². The van der Waals surface area contributed by atoms with Gasteiger partial charge in [0, 0.05) is 19.5 Å². The normalized spacial score (nSPS) is 19.8. The minimum atomic E-state index is 0.156. The largest absolute Gasteiger partial charge is 0.397 e. The van der Waals surface area contributed by atoms with Crippen LogP contribution >= 0.6 is 11.3 Å². The second kappa shape index (κ2) is 5.31. The molecule has 18 heavy (non-hydrogen) atoms. The SMILES string of the molecule is CCC(=O)c1sc(N2CCC(C(C)C)C2)cc1N. The third-order valence-electron chi connectivity index (χ3n) is 3.80. The van der Waals surface area contributed by atoms with Gasteiger partial charge in [-0.05, 0) is 24.3 Å². The van der Waals surface area contributed by atoms with Crippen molar-refractivity contribution >= 4 is 27.8 Å². The molecule has 1 fully saturated rings. The van der Waals surface area contributed by atoms with Gasteiger partial charge in [0.1, 0.15) is 0 Å². The van der Waals surface area contributed by atoms with Crippen molar-refractivity contribution in [2.75, 3.05) is 23.7 Å². The lowest BCUT2D eigenvalue weighted by molar-refractivity contribution is 0.0993. The maximum Gasteiger partial charge on any atom is 0.174 e. The summed E-state index contributed by atoms with van der Waals surface area (Å²) in [6.07, 6.45) is 1.77. The number of hydrogen-bond donors (Lipinski definition) is 1. The topological polar surface area (TPSA) is 46.3 Å². The van der Waals surface area contributed by atoms with E-state index in [0.29, 0.717) is 12.1 Å². The van der Waals surface area contributed by atoms with Gasteiger partial charge in [-0.15, -0.1) is 11.3 Å². The zero-order chi connectivity index (χ0) is 13.3. The Hall–Kier alpha value is -1.03. The number of nitrogens with two attached hydrogens (primary N) is 1. The first-order chi connectivity index (χ1) is 8.52. The Labute approximate surface area is 113 Å². The van der Waals surface area contributed by atoms with Gasteiger partial charge < -0.3 is 10.6 Å². The van der Waals surface area contributed by atoms with E-state index in [1.54, 1.807) is 11.3 Å². The molecule has 0 aliphatic carbocycles. The molecule has 0 saturated carbocycles. The van der Waals surface area contributed by atoms with Crippen LogP contribution < -0.4 is 10.6 Å². The first kappa shape index (κ1) is 13.4. The molecule has 1 unspecified atom stereocenters. The van der Waals surface area contributed by atoms with Crippen molar-refractivity contribution in [3.8, 4) is 0 Å². The molecule has 2 rings (SSSR count). The number of anilines is 2. The van der Waals surface area contributed by atoms with E-state index < -0.39 is 0 Å². The van der Waals surface area contributed by atoms with Crippen molar-refractivity contribution in [2.24, 2.45) is 11.8 Å². The third-order valence-corrected chi connectivity index (χ3v) is 5.05. The molecule has 0 amide bonds. The minimum absolute atomic E-state index is 0.156. The van der Waals surface area contributed by atoms with Crippen LogP contribution in [0.25, 0.3) is 0 Å². The zero-order valence-corrected chi connectivity index (χ0v) is 12.2. The Morgan fingerprint density at radius 1 is 1.61 bits per heavy atom.